The summed E-state index contributed by atoms with van der Waals surface area (Å²) in [5, 5.41) is 0. The van der Waals surface area contributed by atoms with Gasteiger partial charge in [0.05, 0.1) is 12.0 Å². The molecule has 98 valence electrons. The van der Waals surface area contributed by atoms with Crippen LogP contribution in [0, 0.1) is 11.6 Å². The van der Waals surface area contributed by atoms with Gasteiger partial charge in [0, 0.05) is 10.5 Å². The van der Waals surface area contributed by atoms with Gasteiger partial charge in [-0.25, -0.2) is 8.78 Å². The summed E-state index contributed by atoms with van der Waals surface area (Å²) in [6.45, 7) is 0. The van der Waals surface area contributed by atoms with Crippen LogP contribution in [0.25, 0.3) is 0 Å². The number of aldehydes is 1. The van der Waals surface area contributed by atoms with Crippen molar-refractivity contribution in [2.24, 2.45) is 0 Å². The first-order valence-electron chi connectivity index (χ1n) is 5.40. The molecule has 0 saturated heterocycles. The molecule has 0 amide bonds. The van der Waals surface area contributed by atoms with Crippen LogP contribution in [-0.2, 0) is 0 Å². The number of carbonyl (C=O) groups excluding carboxylic acids is 1. The number of hydrogen-bond donors (Lipinski definition) is 0. The van der Waals surface area contributed by atoms with Crippen molar-refractivity contribution in [1.29, 1.82) is 0 Å². The molecule has 0 aliphatic heterocycles. The lowest BCUT2D eigenvalue weighted by Gasteiger charge is -2.06. The van der Waals surface area contributed by atoms with Gasteiger partial charge in [0.1, 0.15) is 23.7 Å². The minimum atomic E-state index is -0.747. The van der Waals surface area contributed by atoms with Crippen LogP contribution in [0.15, 0.2) is 46.2 Å². The maximum absolute atomic E-state index is 13.7. The quantitative estimate of drug-likeness (QED) is 0.794. The van der Waals surface area contributed by atoms with Gasteiger partial charge < -0.3 is 4.74 Å². The molecule has 0 aromatic heterocycles. The minimum absolute atomic E-state index is 0.0194. The van der Waals surface area contributed by atoms with E-state index in [1.165, 1.54) is 0 Å². The number of hydrogen-bond acceptors (Lipinski definition) is 3. The molecule has 2 aromatic rings. The topological polar surface area (TPSA) is 26.3 Å². The highest BCUT2D eigenvalue weighted by Gasteiger charge is 2.12. The van der Waals surface area contributed by atoms with Crippen LogP contribution in [0.2, 0.25) is 0 Å². The summed E-state index contributed by atoms with van der Waals surface area (Å²) in [6, 6.07) is 8.85. The van der Waals surface area contributed by atoms with Crippen molar-refractivity contribution < 1.29 is 18.3 Å². The molecular weight excluding hydrogens is 270 g/mol. The summed E-state index contributed by atoms with van der Waals surface area (Å²) in [7, 11) is 1.54. The Morgan fingerprint density at radius 2 is 1.68 bits per heavy atom. The Morgan fingerprint density at radius 3 is 2.16 bits per heavy atom. The van der Waals surface area contributed by atoms with E-state index in [4.69, 9.17) is 4.74 Å². The first-order valence-corrected chi connectivity index (χ1v) is 6.22. The molecule has 0 aliphatic carbocycles. The lowest BCUT2D eigenvalue weighted by molar-refractivity contribution is 0.112. The van der Waals surface area contributed by atoms with Crippen molar-refractivity contribution in [3.63, 3.8) is 0 Å². The summed E-state index contributed by atoms with van der Waals surface area (Å²) in [6.07, 6.45) is 0.411. The van der Waals surface area contributed by atoms with Crippen LogP contribution in [0.4, 0.5) is 8.78 Å². The van der Waals surface area contributed by atoms with Gasteiger partial charge in [-0.15, -0.1) is 0 Å². The van der Waals surface area contributed by atoms with Crippen LogP contribution < -0.4 is 4.74 Å². The summed E-state index contributed by atoms with van der Waals surface area (Å²) < 4.78 is 32.4. The number of rotatable bonds is 4. The molecule has 0 atom stereocenters. The second-order valence-corrected chi connectivity index (χ2v) is 4.79. The Kier molecular flexibility index (Phi) is 4.16. The third-order valence-electron chi connectivity index (χ3n) is 2.44. The molecule has 0 radical (unpaired) electrons. The van der Waals surface area contributed by atoms with Gasteiger partial charge in [0.2, 0.25) is 0 Å². The van der Waals surface area contributed by atoms with Gasteiger partial charge >= 0.3 is 0 Å². The van der Waals surface area contributed by atoms with Crippen molar-refractivity contribution in [2.75, 3.05) is 7.11 Å². The molecule has 2 nitrogen and oxygen atoms in total. The highest BCUT2D eigenvalue weighted by molar-refractivity contribution is 7.99. The van der Waals surface area contributed by atoms with Crippen molar-refractivity contribution in [3.8, 4) is 5.75 Å². The van der Waals surface area contributed by atoms with Gasteiger partial charge in [0.25, 0.3) is 0 Å². The molecule has 0 fully saturated rings. The average molecular weight is 280 g/mol. The van der Waals surface area contributed by atoms with Crippen molar-refractivity contribution in [2.45, 2.75) is 9.79 Å². The largest absolute Gasteiger partial charge is 0.497 e. The van der Waals surface area contributed by atoms with Crippen molar-refractivity contribution in [1.82, 2.24) is 0 Å². The molecule has 0 N–H and O–H groups in total. The second-order valence-electron chi connectivity index (χ2n) is 3.71. The fraction of sp³-hybridized carbons (Fsp3) is 0.0714. The normalized spacial score (nSPS) is 10.3. The molecule has 2 aromatic carbocycles. The van der Waals surface area contributed by atoms with E-state index in [2.05, 4.69) is 0 Å². The van der Waals surface area contributed by atoms with Gasteiger partial charge in [-0.05, 0) is 36.4 Å². The predicted molar refractivity (Wildman–Crippen MR) is 68.9 cm³/mol. The first kappa shape index (κ1) is 13.5. The van der Waals surface area contributed by atoms with Crippen molar-refractivity contribution in [3.05, 3.63) is 53.6 Å². The maximum Gasteiger partial charge on any atom is 0.150 e. The van der Waals surface area contributed by atoms with Gasteiger partial charge in [-0.1, -0.05) is 11.8 Å². The maximum atomic E-state index is 13.7. The summed E-state index contributed by atoms with van der Waals surface area (Å²) >= 11 is 0.958. The Hall–Kier alpha value is -1.88. The summed E-state index contributed by atoms with van der Waals surface area (Å²) in [4.78, 5) is 11.0. The highest BCUT2D eigenvalue weighted by Crippen LogP contribution is 2.33. The molecule has 0 heterocycles. The molecule has 19 heavy (non-hydrogen) atoms. The van der Waals surface area contributed by atoms with Crippen LogP contribution in [-0.4, -0.2) is 13.4 Å². The molecule has 0 aliphatic rings. The van der Waals surface area contributed by atoms with Gasteiger partial charge in [0.15, 0.2) is 0 Å². The Morgan fingerprint density at radius 1 is 1.11 bits per heavy atom. The fourth-order valence-corrected chi connectivity index (χ4v) is 2.33. The molecule has 0 spiro atoms. The fourth-order valence-electron chi connectivity index (χ4n) is 1.51. The van der Waals surface area contributed by atoms with Crippen LogP contribution in [0.1, 0.15) is 10.4 Å². The van der Waals surface area contributed by atoms with E-state index in [9.17, 15) is 13.6 Å². The minimum Gasteiger partial charge on any atom is -0.497 e. The van der Waals surface area contributed by atoms with E-state index in [0.29, 0.717) is 16.9 Å². The zero-order chi connectivity index (χ0) is 13.8. The monoisotopic (exact) mass is 280 g/mol. The van der Waals surface area contributed by atoms with Crippen molar-refractivity contribution >= 4 is 18.0 Å². The number of halogens is 2. The molecule has 2 rings (SSSR count). The predicted octanol–water partition coefficient (Wildman–Crippen LogP) is 3.94. The zero-order valence-corrected chi connectivity index (χ0v) is 10.8. The molecule has 5 heteroatoms. The van der Waals surface area contributed by atoms with Gasteiger partial charge in [-0.2, -0.15) is 0 Å². The summed E-state index contributed by atoms with van der Waals surface area (Å²) in [5.41, 5.74) is -0.0194. The van der Waals surface area contributed by atoms with E-state index in [1.54, 1.807) is 31.4 Å². The molecule has 0 bridgehead atoms. The van der Waals surface area contributed by atoms with Crippen LogP contribution >= 0.6 is 11.8 Å². The average Bonchev–Trinajstić information content (AvgIpc) is 2.43. The third kappa shape index (κ3) is 3.12. The Labute approximate surface area is 113 Å². The Balaban J connectivity index is 2.29. The summed E-state index contributed by atoms with van der Waals surface area (Å²) in [5.74, 6) is -0.826. The smallest absolute Gasteiger partial charge is 0.150 e. The number of carbonyl (C=O) groups is 1. The standard InChI is InChI=1S/C14H10F2O2S/c1-18-10-2-4-11(5-3-10)19-14-12(15)6-9(8-17)7-13(14)16/h2-8H,1H3. The SMILES string of the molecule is COc1ccc(Sc2c(F)cc(C=O)cc2F)cc1. The lowest BCUT2D eigenvalue weighted by atomic mass is 10.2. The van der Waals surface area contributed by atoms with Crippen LogP contribution in [0.3, 0.4) is 0 Å². The molecule has 0 unspecified atom stereocenters. The molecule has 0 saturated carbocycles. The number of methoxy groups -OCH3 is 1. The van der Waals surface area contributed by atoms with E-state index in [0.717, 1.165) is 23.9 Å². The number of benzene rings is 2. The number of ether oxygens (including phenoxy) is 1. The third-order valence-corrected chi connectivity index (χ3v) is 3.54. The van der Waals surface area contributed by atoms with E-state index >= 15 is 0 Å². The second kappa shape index (κ2) is 5.84. The zero-order valence-electron chi connectivity index (χ0n) is 10.0. The highest BCUT2D eigenvalue weighted by atomic mass is 32.2. The Bertz CT molecular complexity index is 574. The van der Waals surface area contributed by atoms with E-state index in [-0.39, 0.29) is 10.5 Å². The van der Waals surface area contributed by atoms with Crippen LogP contribution in [0.5, 0.6) is 5.75 Å². The first-order chi connectivity index (χ1) is 9.13. The van der Waals surface area contributed by atoms with E-state index < -0.39 is 11.6 Å². The lowest BCUT2D eigenvalue weighted by Crippen LogP contribution is -1.92. The molecular formula is C14H10F2O2S. The van der Waals surface area contributed by atoms with E-state index in [1.807, 2.05) is 0 Å². The van der Waals surface area contributed by atoms with Gasteiger partial charge in [-0.3, -0.25) is 4.79 Å².